The zero-order valence-corrected chi connectivity index (χ0v) is 11.9. The molecule has 0 aliphatic carbocycles. The van der Waals surface area contributed by atoms with Gasteiger partial charge in [0.15, 0.2) is 11.5 Å². The summed E-state index contributed by atoms with van der Waals surface area (Å²) in [6.07, 6.45) is 3.77. The second kappa shape index (κ2) is 6.66. The Morgan fingerprint density at radius 2 is 2.00 bits per heavy atom. The third kappa shape index (κ3) is 3.38. The average molecular weight is 296 g/mol. The number of carbonyl (C=O) groups excluding carboxylic acids is 1. The fraction of sp³-hybridized carbons (Fsp3) is 0.200. The number of nitrogens with zero attached hydrogens (tertiary/aromatic N) is 3. The Kier molecular flexibility index (Phi) is 4.24. The lowest BCUT2D eigenvalue weighted by atomic mass is 10.1. The predicted octanol–water partition coefficient (Wildman–Crippen LogP) is 1.12. The number of hydrogen-bond donors (Lipinski definition) is 3. The van der Waals surface area contributed by atoms with Gasteiger partial charge in [-0.3, -0.25) is 4.79 Å². The summed E-state index contributed by atoms with van der Waals surface area (Å²) in [6.45, 7) is 0.758. The first kappa shape index (κ1) is 14.0. The first-order chi connectivity index (χ1) is 10.8. The van der Waals surface area contributed by atoms with E-state index in [1.165, 1.54) is 11.9 Å². The van der Waals surface area contributed by atoms with Crippen LogP contribution in [0, 0.1) is 0 Å². The maximum absolute atomic E-state index is 11.8. The minimum Gasteiger partial charge on any atom is -0.359 e. The van der Waals surface area contributed by atoms with Gasteiger partial charge < -0.3 is 15.6 Å². The minimum absolute atomic E-state index is 0.0813. The molecule has 3 aromatic rings. The lowest BCUT2D eigenvalue weighted by Gasteiger charge is -2.07. The molecule has 1 aromatic carbocycles. The van der Waals surface area contributed by atoms with Crippen molar-refractivity contribution in [1.82, 2.24) is 25.3 Å². The highest BCUT2D eigenvalue weighted by molar-refractivity contribution is 5.86. The topological polar surface area (TPSA) is 95.6 Å². The van der Waals surface area contributed by atoms with Crippen LogP contribution in [-0.4, -0.2) is 38.9 Å². The largest absolute Gasteiger partial charge is 0.359 e. The van der Waals surface area contributed by atoms with Crippen LogP contribution in [0.5, 0.6) is 0 Å². The number of imidazole rings is 1. The number of fused-ring (bicyclic) bond motifs is 1. The molecule has 0 saturated heterocycles. The van der Waals surface area contributed by atoms with E-state index in [1.54, 1.807) is 6.33 Å². The molecule has 0 aliphatic rings. The van der Waals surface area contributed by atoms with Crippen LogP contribution < -0.4 is 10.6 Å². The number of hydrogen-bond acceptors (Lipinski definition) is 5. The molecule has 3 N–H and O–H groups in total. The van der Waals surface area contributed by atoms with Gasteiger partial charge in [0, 0.05) is 6.54 Å². The minimum atomic E-state index is -0.0813. The molecule has 0 fully saturated rings. The summed E-state index contributed by atoms with van der Waals surface area (Å²) in [4.78, 5) is 27.0. The summed E-state index contributed by atoms with van der Waals surface area (Å²) in [5.74, 6) is 0.489. The van der Waals surface area contributed by atoms with Crippen LogP contribution in [-0.2, 0) is 11.2 Å². The van der Waals surface area contributed by atoms with Crippen molar-refractivity contribution in [2.75, 3.05) is 18.4 Å². The Morgan fingerprint density at radius 3 is 2.86 bits per heavy atom. The monoisotopic (exact) mass is 296 g/mol. The Hall–Kier alpha value is -2.96. The number of H-pyrrole nitrogens is 1. The van der Waals surface area contributed by atoms with Crippen molar-refractivity contribution in [2.24, 2.45) is 0 Å². The number of nitrogens with one attached hydrogen (secondary N) is 3. The van der Waals surface area contributed by atoms with Gasteiger partial charge in [-0.15, -0.1) is 0 Å². The number of benzene rings is 1. The Balaban J connectivity index is 1.47. The molecule has 3 rings (SSSR count). The SMILES string of the molecule is O=C(CNc1ncnc2nc[nH]c12)NCCc1ccccc1. The molecule has 0 saturated carbocycles. The summed E-state index contributed by atoms with van der Waals surface area (Å²) in [5.41, 5.74) is 2.47. The van der Waals surface area contributed by atoms with Gasteiger partial charge in [-0.25, -0.2) is 15.0 Å². The average Bonchev–Trinajstić information content (AvgIpc) is 3.03. The van der Waals surface area contributed by atoms with E-state index in [1.807, 2.05) is 30.3 Å². The molecular formula is C15H16N6O. The van der Waals surface area contributed by atoms with Crippen molar-refractivity contribution in [3.63, 3.8) is 0 Å². The van der Waals surface area contributed by atoms with Gasteiger partial charge in [-0.1, -0.05) is 30.3 Å². The van der Waals surface area contributed by atoms with Crippen molar-refractivity contribution in [2.45, 2.75) is 6.42 Å². The highest BCUT2D eigenvalue weighted by Gasteiger charge is 2.07. The summed E-state index contributed by atoms with van der Waals surface area (Å²) in [6, 6.07) is 10.0. The predicted molar refractivity (Wildman–Crippen MR) is 83.3 cm³/mol. The van der Waals surface area contributed by atoms with E-state index >= 15 is 0 Å². The van der Waals surface area contributed by atoms with E-state index in [9.17, 15) is 4.79 Å². The third-order valence-electron chi connectivity index (χ3n) is 3.22. The number of aromatic nitrogens is 4. The zero-order chi connectivity index (χ0) is 15.2. The first-order valence-electron chi connectivity index (χ1n) is 7.01. The fourth-order valence-electron chi connectivity index (χ4n) is 2.12. The number of aromatic amines is 1. The van der Waals surface area contributed by atoms with Crippen LogP contribution in [0.25, 0.3) is 11.2 Å². The standard InChI is InChI=1S/C15H16N6O/c22-12(16-7-6-11-4-2-1-3-5-11)8-17-14-13-15(19-9-18-13)21-10-20-14/h1-5,9-10H,6-8H2,(H,16,22)(H2,17,18,19,20,21). The van der Waals surface area contributed by atoms with Crippen molar-refractivity contribution in [3.05, 3.63) is 48.5 Å². The molecular weight excluding hydrogens is 280 g/mol. The number of carbonyl (C=O) groups is 1. The summed E-state index contributed by atoms with van der Waals surface area (Å²) >= 11 is 0. The van der Waals surface area contributed by atoms with E-state index < -0.39 is 0 Å². The molecule has 0 aliphatic heterocycles. The zero-order valence-electron chi connectivity index (χ0n) is 11.9. The number of anilines is 1. The van der Waals surface area contributed by atoms with Gasteiger partial charge in [0.2, 0.25) is 5.91 Å². The van der Waals surface area contributed by atoms with Gasteiger partial charge in [-0.2, -0.15) is 0 Å². The van der Waals surface area contributed by atoms with Crippen LogP contribution in [0.3, 0.4) is 0 Å². The highest BCUT2D eigenvalue weighted by Crippen LogP contribution is 2.13. The maximum atomic E-state index is 11.8. The van der Waals surface area contributed by atoms with Gasteiger partial charge >= 0.3 is 0 Å². The van der Waals surface area contributed by atoms with Gasteiger partial charge in [0.05, 0.1) is 12.9 Å². The Bertz CT molecular complexity index is 755. The summed E-state index contributed by atoms with van der Waals surface area (Å²) in [7, 11) is 0. The van der Waals surface area contributed by atoms with Crippen LogP contribution >= 0.6 is 0 Å². The molecule has 112 valence electrons. The van der Waals surface area contributed by atoms with Crippen LogP contribution in [0.15, 0.2) is 43.0 Å². The molecule has 7 heteroatoms. The molecule has 2 aromatic heterocycles. The quantitative estimate of drug-likeness (QED) is 0.633. The van der Waals surface area contributed by atoms with Crippen molar-refractivity contribution >= 4 is 22.9 Å². The summed E-state index contributed by atoms with van der Waals surface area (Å²) < 4.78 is 0. The maximum Gasteiger partial charge on any atom is 0.239 e. The van der Waals surface area contributed by atoms with Crippen molar-refractivity contribution in [1.29, 1.82) is 0 Å². The molecule has 0 bridgehead atoms. The first-order valence-corrected chi connectivity index (χ1v) is 7.01. The van der Waals surface area contributed by atoms with E-state index in [0.717, 1.165) is 6.42 Å². The Labute approximate surface area is 127 Å². The normalized spacial score (nSPS) is 10.5. The van der Waals surface area contributed by atoms with Crippen molar-refractivity contribution in [3.8, 4) is 0 Å². The van der Waals surface area contributed by atoms with Crippen LogP contribution in [0.2, 0.25) is 0 Å². The molecule has 22 heavy (non-hydrogen) atoms. The number of rotatable bonds is 6. The second-order valence-electron chi connectivity index (χ2n) is 4.76. The molecule has 0 unspecified atom stereocenters. The molecule has 2 heterocycles. The molecule has 7 nitrogen and oxygen atoms in total. The van der Waals surface area contributed by atoms with Crippen molar-refractivity contribution < 1.29 is 4.79 Å². The smallest absolute Gasteiger partial charge is 0.239 e. The van der Waals surface area contributed by atoms with Gasteiger partial charge in [0.1, 0.15) is 11.8 Å². The second-order valence-corrected chi connectivity index (χ2v) is 4.76. The summed E-state index contributed by atoms with van der Waals surface area (Å²) in [5, 5.41) is 5.86. The third-order valence-corrected chi connectivity index (χ3v) is 3.22. The molecule has 0 atom stereocenters. The van der Waals surface area contributed by atoms with E-state index in [4.69, 9.17) is 0 Å². The molecule has 1 amide bonds. The highest BCUT2D eigenvalue weighted by atomic mass is 16.1. The van der Waals surface area contributed by atoms with Crippen LogP contribution in [0.1, 0.15) is 5.56 Å². The molecule has 0 radical (unpaired) electrons. The van der Waals surface area contributed by atoms with E-state index in [2.05, 4.69) is 30.6 Å². The van der Waals surface area contributed by atoms with E-state index in [0.29, 0.717) is 23.5 Å². The number of amides is 1. The lowest BCUT2D eigenvalue weighted by molar-refractivity contribution is -0.119. The fourth-order valence-corrected chi connectivity index (χ4v) is 2.12. The van der Waals surface area contributed by atoms with Gasteiger partial charge in [0.25, 0.3) is 0 Å². The van der Waals surface area contributed by atoms with E-state index in [-0.39, 0.29) is 12.5 Å². The molecule has 0 spiro atoms. The van der Waals surface area contributed by atoms with Crippen LogP contribution in [0.4, 0.5) is 5.82 Å². The van der Waals surface area contributed by atoms with Gasteiger partial charge in [-0.05, 0) is 12.0 Å². The Morgan fingerprint density at radius 1 is 1.14 bits per heavy atom. The lowest BCUT2D eigenvalue weighted by Crippen LogP contribution is -2.31.